The standard InChI is InChI=1S/C21H35NO2/c1-4-14-6-8-18-17-7-5-15-13-16(22(23)24)9-11-21(15,3)19(17)10-12-20(14,18)2/h14-19H,4-13H2,1-3H3/t14?,15?,16-,17?,18?,19?,20?,21-/m0/s1. The summed E-state index contributed by atoms with van der Waals surface area (Å²) in [5.41, 5.74) is 0.984. The Morgan fingerprint density at radius 2 is 1.67 bits per heavy atom. The lowest BCUT2D eigenvalue weighted by Gasteiger charge is -2.60. The predicted molar refractivity (Wildman–Crippen MR) is 96.3 cm³/mol. The van der Waals surface area contributed by atoms with E-state index in [9.17, 15) is 10.1 Å². The summed E-state index contributed by atoms with van der Waals surface area (Å²) in [4.78, 5) is 11.3. The molecule has 4 rings (SSSR count). The van der Waals surface area contributed by atoms with Gasteiger partial charge >= 0.3 is 0 Å². The highest BCUT2D eigenvalue weighted by Crippen LogP contribution is 2.67. The van der Waals surface area contributed by atoms with E-state index in [2.05, 4.69) is 20.8 Å². The number of nitro groups is 1. The largest absolute Gasteiger partial charge is 0.264 e. The fourth-order valence-corrected chi connectivity index (χ4v) is 8.21. The number of nitrogens with zero attached hydrogens (tertiary/aromatic N) is 1. The topological polar surface area (TPSA) is 43.1 Å². The van der Waals surface area contributed by atoms with Gasteiger partial charge in [0.25, 0.3) is 0 Å². The maximum atomic E-state index is 11.3. The van der Waals surface area contributed by atoms with Gasteiger partial charge in [0.1, 0.15) is 0 Å². The van der Waals surface area contributed by atoms with Crippen LogP contribution in [-0.2, 0) is 0 Å². The third-order valence-corrected chi connectivity index (χ3v) is 9.63. The zero-order valence-electron chi connectivity index (χ0n) is 15.8. The molecule has 8 atom stereocenters. The van der Waals surface area contributed by atoms with E-state index in [1.54, 1.807) is 0 Å². The average molecular weight is 334 g/mol. The van der Waals surface area contributed by atoms with Crippen molar-refractivity contribution in [3.63, 3.8) is 0 Å². The molecule has 3 nitrogen and oxygen atoms in total. The van der Waals surface area contributed by atoms with Crippen LogP contribution < -0.4 is 0 Å². The van der Waals surface area contributed by atoms with E-state index in [1.807, 2.05) is 0 Å². The minimum atomic E-state index is -0.260. The Balaban J connectivity index is 1.57. The molecule has 0 aliphatic heterocycles. The first-order valence-corrected chi connectivity index (χ1v) is 10.5. The lowest BCUT2D eigenvalue weighted by atomic mass is 9.44. The van der Waals surface area contributed by atoms with Crippen molar-refractivity contribution in [1.29, 1.82) is 0 Å². The normalized spacial score (nSPS) is 53.8. The second-order valence-corrected chi connectivity index (χ2v) is 10.1. The molecule has 0 saturated heterocycles. The van der Waals surface area contributed by atoms with Crippen molar-refractivity contribution in [2.45, 2.75) is 91.0 Å². The number of rotatable bonds is 2. The highest BCUT2D eigenvalue weighted by atomic mass is 16.6. The lowest BCUT2D eigenvalue weighted by Crippen LogP contribution is -2.54. The molecule has 0 heterocycles. The smallest absolute Gasteiger partial charge is 0.213 e. The van der Waals surface area contributed by atoms with Crippen LogP contribution in [-0.4, -0.2) is 11.0 Å². The molecule has 4 fully saturated rings. The Bertz CT molecular complexity index is 520. The van der Waals surface area contributed by atoms with Gasteiger partial charge in [-0.15, -0.1) is 0 Å². The Morgan fingerprint density at radius 1 is 0.958 bits per heavy atom. The average Bonchev–Trinajstić information content (AvgIpc) is 2.90. The molecule has 24 heavy (non-hydrogen) atoms. The first-order valence-electron chi connectivity index (χ1n) is 10.5. The van der Waals surface area contributed by atoms with Gasteiger partial charge in [0.05, 0.1) is 0 Å². The summed E-state index contributed by atoms with van der Waals surface area (Å²) in [5, 5.41) is 11.3. The zero-order valence-corrected chi connectivity index (χ0v) is 15.8. The third-order valence-electron chi connectivity index (χ3n) is 9.63. The molecule has 0 amide bonds. The first kappa shape index (κ1) is 16.8. The van der Waals surface area contributed by atoms with E-state index in [4.69, 9.17) is 0 Å². The Kier molecular flexibility index (Phi) is 4.01. The molecule has 0 aromatic rings. The highest BCUT2D eigenvalue weighted by molar-refractivity contribution is 5.09. The first-order chi connectivity index (χ1) is 11.4. The van der Waals surface area contributed by atoms with E-state index in [-0.39, 0.29) is 11.0 Å². The van der Waals surface area contributed by atoms with Gasteiger partial charge in [0.2, 0.25) is 6.04 Å². The van der Waals surface area contributed by atoms with Crippen molar-refractivity contribution in [1.82, 2.24) is 0 Å². The molecule has 3 heteroatoms. The van der Waals surface area contributed by atoms with Gasteiger partial charge in [-0.2, -0.15) is 0 Å². The molecular weight excluding hydrogens is 298 g/mol. The van der Waals surface area contributed by atoms with E-state index in [0.29, 0.717) is 16.7 Å². The van der Waals surface area contributed by atoms with Gasteiger partial charge in [-0.25, -0.2) is 0 Å². The van der Waals surface area contributed by atoms with Crippen LogP contribution >= 0.6 is 0 Å². The molecule has 0 spiro atoms. The van der Waals surface area contributed by atoms with Crippen molar-refractivity contribution < 1.29 is 4.92 Å². The van der Waals surface area contributed by atoms with Gasteiger partial charge in [-0.05, 0) is 85.4 Å². The molecule has 4 aliphatic rings. The second kappa shape index (κ2) is 5.71. The molecule has 6 unspecified atom stereocenters. The summed E-state index contributed by atoms with van der Waals surface area (Å²) in [6.45, 7) is 7.51. The van der Waals surface area contributed by atoms with Crippen LogP contribution in [0, 0.1) is 50.5 Å². The van der Waals surface area contributed by atoms with E-state index in [0.717, 1.165) is 42.9 Å². The van der Waals surface area contributed by atoms with Crippen molar-refractivity contribution in [3.05, 3.63) is 10.1 Å². The van der Waals surface area contributed by atoms with E-state index in [1.165, 1.54) is 44.9 Å². The number of fused-ring (bicyclic) bond motifs is 5. The van der Waals surface area contributed by atoms with Crippen molar-refractivity contribution in [2.24, 2.45) is 40.4 Å². The second-order valence-electron chi connectivity index (χ2n) is 10.1. The molecule has 136 valence electrons. The number of hydrogen-bond acceptors (Lipinski definition) is 2. The zero-order chi connectivity index (χ0) is 17.1. The van der Waals surface area contributed by atoms with Gasteiger partial charge < -0.3 is 0 Å². The van der Waals surface area contributed by atoms with Crippen molar-refractivity contribution in [3.8, 4) is 0 Å². The number of hydrogen-bond donors (Lipinski definition) is 0. The van der Waals surface area contributed by atoms with Crippen LogP contribution in [0.4, 0.5) is 0 Å². The SMILES string of the molecule is CCC1CCC2C3CCC4C[C@@H]([N+](=O)[O-])CC[C@]4(C)C3CCC12C. The lowest BCUT2D eigenvalue weighted by molar-refractivity contribution is -0.531. The van der Waals surface area contributed by atoms with Gasteiger partial charge in [0.15, 0.2) is 0 Å². The van der Waals surface area contributed by atoms with Gasteiger partial charge in [-0.1, -0.05) is 27.2 Å². The Morgan fingerprint density at radius 3 is 2.38 bits per heavy atom. The monoisotopic (exact) mass is 333 g/mol. The summed E-state index contributed by atoms with van der Waals surface area (Å²) >= 11 is 0. The maximum Gasteiger partial charge on any atom is 0.213 e. The maximum absolute atomic E-state index is 11.3. The molecule has 0 bridgehead atoms. The molecular formula is C21H35NO2. The summed E-state index contributed by atoms with van der Waals surface area (Å²) in [5.74, 6) is 4.24. The minimum absolute atomic E-state index is 0.00637. The summed E-state index contributed by atoms with van der Waals surface area (Å²) in [6.07, 6.45) is 12.5. The summed E-state index contributed by atoms with van der Waals surface area (Å²) < 4.78 is 0. The minimum Gasteiger partial charge on any atom is -0.264 e. The summed E-state index contributed by atoms with van der Waals surface area (Å²) in [7, 11) is 0. The van der Waals surface area contributed by atoms with E-state index >= 15 is 0 Å². The van der Waals surface area contributed by atoms with Crippen LogP contribution in [0.5, 0.6) is 0 Å². The van der Waals surface area contributed by atoms with E-state index < -0.39 is 0 Å². The fraction of sp³-hybridized carbons (Fsp3) is 1.00. The van der Waals surface area contributed by atoms with Crippen LogP contribution in [0.1, 0.15) is 85.0 Å². The van der Waals surface area contributed by atoms with Gasteiger partial charge in [-0.3, -0.25) is 10.1 Å². The molecule has 0 aromatic heterocycles. The van der Waals surface area contributed by atoms with Crippen LogP contribution in [0.3, 0.4) is 0 Å². The van der Waals surface area contributed by atoms with Gasteiger partial charge in [0, 0.05) is 17.8 Å². The molecule has 0 N–H and O–H groups in total. The Hall–Kier alpha value is -0.600. The molecule has 0 radical (unpaired) electrons. The van der Waals surface area contributed by atoms with Crippen LogP contribution in [0.15, 0.2) is 0 Å². The van der Waals surface area contributed by atoms with Crippen LogP contribution in [0.2, 0.25) is 0 Å². The van der Waals surface area contributed by atoms with Crippen molar-refractivity contribution >= 4 is 0 Å². The molecule has 4 aliphatic carbocycles. The Labute approximate surface area is 147 Å². The predicted octanol–water partition coefficient (Wildman–Crippen LogP) is 5.70. The van der Waals surface area contributed by atoms with Crippen molar-refractivity contribution in [2.75, 3.05) is 0 Å². The highest BCUT2D eigenvalue weighted by Gasteiger charge is 2.60. The summed E-state index contributed by atoms with van der Waals surface area (Å²) in [6, 6.07) is -0.260. The molecule has 0 aromatic carbocycles. The quantitative estimate of drug-likeness (QED) is 0.480. The third kappa shape index (κ3) is 2.22. The fourth-order valence-electron chi connectivity index (χ4n) is 8.21. The van der Waals surface area contributed by atoms with Crippen LogP contribution in [0.25, 0.3) is 0 Å². The molecule has 4 saturated carbocycles.